The monoisotopic (exact) mass is 268 g/mol. The highest BCUT2D eigenvalue weighted by Crippen LogP contribution is 2.15. The topological polar surface area (TPSA) is 41.1 Å². The minimum atomic E-state index is 0.244. The SMILES string of the molecule is CCCCCCC(C)NC(=O)CCC1CCCNC1. The molecule has 0 aromatic carbocycles. The van der Waals surface area contributed by atoms with Crippen LogP contribution in [0.25, 0.3) is 0 Å². The highest BCUT2D eigenvalue weighted by atomic mass is 16.1. The maximum atomic E-state index is 11.9. The number of rotatable bonds is 9. The van der Waals surface area contributed by atoms with Gasteiger partial charge in [0.25, 0.3) is 0 Å². The molecular formula is C16H32N2O. The molecule has 0 saturated carbocycles. The number of piperidine rings is 1. The van der Waals surface area contributed by atoms with Crippen LogP contribution in [-0.4, -0.2) is 25.0 Å². The largest absolute Gasteiger partial charge is 0.354 e. The van der Waals surface area contributed by atoms with Crippen LogP contribution in [0.2, 0.25) is 0 Å². The Morgan fingerprint density at radius 3 is 2.89 bits per heavy atom. The molecule has 1 aliphatic rings. The van der Waals surface area contributed by atoms with E-state index in [1.165, 1.54) is 38.5 Å². The fourth-order valence-corrected chi connectivity index (χ4v) is 2.80. The highest BCUT2D eigenvalue weighted by Gasteiger charge is 2.15. The highest BCUT2D eigenvalue weighted by molar-refractivity contribution is 5.76. The molecule has 112 valence electrons. The maximum absolute atomic E-state index is 11.9. The van der Waals surface area contributed by atoms with Gasteiger partial charge in [0, 0.05) is 12.5 Å². The van der Waals surface area contributed by atoms with Crippen molar-refractivity contribution in [2.45, 2.75) is 77.7 Å². The predicted molar refractivity (Wildman–Crippen MR) is 81.2 cm³/mol. The zero-order chi connectivity index (χ0) is 13.9. The van der Waals surface area contributed by atoms with Crippen LogP contribution >= 0.6 is 0 Å². The van der Waals surface area contributed by atoms with E-state index in [0.29, 0.717) is 18.4 Å². The molecule has 1 heterocycles. The van der Waals surface area contributed by atoms with Crippen LogP contribution in [0, 0.1) is 5.92 Å². The summed E-state index contributed by atoms with van der Waals surface area (Å²) >= 11 is 0. The Hall–Kier alpha value is -0.570. The molecule has 0 spiro atoms. The van der Waals surface area contributed by atoms with Gasteiger partial charge in [0.15, 0.2) is 0 Å². The van der Waals surface area contributed by atoms with Crippen LogP contribution in [0.4, 0.5) is 0 Å². The first-order chi connectivity index (χ1) is 9.22. The molecule has 0 aromatic rings. The first-order valence-electron chi connectivity index (χ1n) is 8.22. The van der Waals surface area contributed by atoms with Crippen LogP contribution in [0.15, 0.2) is 0 Å². The number of hydrogen-bond acceptors (Lipinski definition) is 2. The Kier molecular flexibility index (Phi) is 8.89. The second kappa shape index (κ2) is 10.2. The van der Waals surface area contributed by atoms with Gasteiger partial charge in [0.05, 0.1) is 0 Å². The quantitative estimate of drug-likeness (QED) is 0.630. The Morgan fingerprint density at radius 1 is 1.37 bits per heavy atom. The van der Waals surface area contributed by atoms with E-state index in [-0.39, 0.29) is 5.91 Å². The average molecular weight is 268 g/mol. The normalized spacial score (nSPS) is 21.1. The molecule has 1 fully saturated rings. The van der Waals surface area contributed by atoms with Crippen molar-refractivity contribution in [3.05, 3.63) is 0 Å². The van der Waals surface area contributed by atoms with Crippen LogP contribution in [0.1, 0.15) is 71.6 Å². The van der Waals surface area contributed by atoms with Gasteiger partial charge >= 0.3 is 0 Å². The maximum Gasteiger partial charge on any atom is 0.220 e. The van der Waals surface area contributed by atoms with Crippen molar-refractivity contribution in [2.24, 2.45) is 5.92 Å². The summed E-state index contributed by atoms with van der Waals surface area (Å²) in [6.07, 6.45) is 10.5. The lowest BCUT2D eigenvalue weighted by molar-refractivity contribution is -0.122. The van der Waals surface area contributed by atoms with Gasteiger partial charge in [-0.05, 0) is 51.6 Å². The summed E-state index contributed by atoms with van der Waals surface area (Å²) in [7, 11) is 0. The Bertz CT molecular complexity index is 237. The van der Waals surface area contributed by atoms with Gasteiger partial charge in [0.2, 0.25) is 5.91 Å². The smallest absolute Gasteiger partial charge is 0.220 e. The number of amides is 1. The van der Waals surface area contributed by atoms with E-state index < -0.39 is 0 Å². The molecule has 19 heavy (non-hydrogen) atoms. The van der Waals surface area contributed by atoms with Gasteiger partial charge in [0.1, 0.15) is 0 Å². The summed E-state index contributed by atoms with van der Waals surface area (Å²) in [5.41, 5.74) is 0. The summed E-state index contributed by atoms with van der Waals surface area (Å²) in [6.45, 7) is 6.61. The first kappa shape index (κ1) is 16.5. The van der Waals surface area contributed by atoms with Crippen LogP contribution in [0.5, 0.6) is 0 Å². The van der Waals surface area contributed by atoms with E-state index in [2.05, 4.69) is 24.5 Å². The minimum absolute atomic E-state index is 0.244. The third-order valence-corrected chi connectivity index (χ3v) is 4.08. The molecule has 1 amide bonds. The van der Waals surface area contributed by atoms with Crippen molar-refractivity contribution in [1.82, 2.24) is 10.6 Å². The fraction of sp³-hybridized carbons (Fsp3) is 0.938. The molecule has 3 heteroatoms. The molecule has 0 bridgehead atoms. The lowest BCUT2D eigenvalue weighted by Crippen LogP contribution is -2.34. The molecule has 0 aliphatic carbocycles. The van der Waals surface area contributed by atoms with Crippen molar-refractivity contribution in [3.63, 3.8) is 0 Å². The van der Waals surface area contributed by atoms with Gasteiger partial charge in [-0.2, -0.15) is 0 Å². The van der Waals surface area contributed by atoms with Crippen molar-refractivity contribution in [2.75, 3.05) is 13.1 Å². The number of nitrogens with one attached hydrogen (secondary N) is 2. The van der Waals surface area contributed by atoms with Crippen LogP contribution < -0.4 is 10.6 Å². The predicted octanol–water partition coefficient (Wildman–Crippen LogP) is 3.24. The number of carbonyl (C=O) groups excluding carboxylic acids is 1. The number of unbranched alkanes of at least 4 members (excludes halogenated alkanes) is 3. The van der Waals surface area contributed by atoms with Crippen molar-refractivity contribution in [3.8, 4) is 0 Å². The zero-order valence-electron chi connectivity index (χ0n) is 12.8. The van der Waals surface area contributed by atoms with E-state index in [1.54, 1.807) is 0 Å². The lowest BCUT2D eigenvalue weighted by atomic mass is 9.94. The van der Waals surface area contributed by atoms with Gasteiger partial charge in [-0.25, -0.2) is 0 Å². The Morgan fingerprint density at radius 2 is 2.21 bits per heavy atom. The van der Waals surface area contributed by atoms with E-state index in [4.69, 9.17) is 0 Å². The van der Waals surface area contributed by atoms with E-state index in [1.807, 2.05) is 0 Å². The molecule has 0 radical (unpaired) electrons. The standard InChI is InChI=1S/C16H32N2O/c1-3-4-5-6-8-14(2)18-16(19)11-10-15-9-7-12-17-13-15/h14-15,17H,3-13H2,1-2H3,(H,18,19). The Labute approximate surface area is 118 Å². The molecule has 2 atom stereocenters. The zero-order valence-corrected chi connectivity index (χ0v) is 12.8. The van der Waals surface area contributed by atoms with Gasteiger partial charge in [-0.15, -0.1) is 0 Å². The molecule has 1 saturated heterocycles. The number of carbonyl (C=O) groups is 1. The summed E-state index contributed by atoms with van der Waals surface area (Å²) < 4.78 is 0. The van der Waals surface area contributed by atoms with E-state index in [9.17, 15) is 4.79 Å². The molecule has 3 nitrogen and oxygen atoms in total. The fourth-order valence-electron chi connectivity index (χ4n) is 2.80. The van der Waals surface area contributed by atoms with Crippen LogP contribution in [0.3, 0.4) is 0 Å². The summed E-state index contributed by atoms with van der Waals surface area (Å²) in [5.74, 6) is 0.952. The summed E-state index contributed by atoms with van der Waals surface area (Å²) in [6, 6.07) is 0.342. The summed E-state index contributed by atoms with van der Waals surface area (Å²) in [5, 5.41) is 6.54. The Balaban J connectivity index is 2.02. The molecule has 0 aromatic heterocycles. The minimum Gasteiger partial charge on any atom is -0.354 e. The molecular weight excluding hydrogens is 236 g/mol. The summed E-state index contributed by atoms with van der Waals surface area (Å²) in [4.78, 5) is 11.9. The molecule has 1 rings (SSSR count). The molecule has 1 aliphatic heterocycles. The first-order valence-corrected chi connectivity index (χ1v) is 8.22. The second-order valence-corrected chi connectivity index (χ2v) is 6.07. The van der Waals surface area contributed by atoms with Crippen molar-refractivity contribution >= 4 is 5.91 Å². The van der Waals surface area contributed by atoms with E-state index in [0.717, 1.165) is 25.9 Å². The van der Waals surface area contributed by atoms with Gasteiger partial charge in [-0.1, -0.05) is 32.6 Å². The van der Waals surface area contributed by atoms with Gasteiger partial charge < -0.3 is 10.6 Å². The number of hydrogen-bond donors (Lipinski definition) is 2. The molecule has 2 unspecified atom stereocenters. The van der Waals surface area contributed by atoms with Crippen molar-refractivity contribution in [1.29, 1.82) is 0 Å². The van der Waals surface area contributed by atoms with Crippen molar-refractivity contribution < 1.29 is 4.79 Å². The van der Waals surface area contributed by atoms with Crippen LogP contribution in [-0.2, 0) is 4.79 Å². The lowest BCUT2D eigenvalue weighted by Gasteiger charge is -2.22. The average Bonchev–Trinajstić information content (AvgIpc) is 2.42. The third-order valence-electron chi connectivity index (χ3n) is 4.08. The molecule has 2 N–H and O–H groups in total. The van der Waals surface area contributed by atoms with Gasteiger partial charge in [-0.3, -0.25) is 4.79 Å². The third kappa shape index (κ3) is 8.25. The second-order valence-electron chi connectivity index (χ2n) is 6.07. The van der Waals surface area contributed by atoms with E-state index >= 15 is 0 Å².